The van der Waals surface area contributed by atoms with Crippen molar-refractivity contribution in [3.63, 3.8) is 0 Å². The molecule has 0 atom stereocenters. The summed E-state index contributed by atoms with van der Waals surface area (Å²) >= 11 is 0. The van der Waals surface area contributed by atoms with Crippen LogP contribution in [-0.2, 0) is 12.5 Å². The number of nitrogens with zero attached hydrogens (tertiary/aromatic N) is 1. The van der Waals surface area contributed by atoms with E-state index >= 15 is 0 Å². The summed E-state index contributed by atoms with van der Waals surface area (Å²) in [5, 5.41) is 5.23. The average Bonchev–Trinajstić information content (AvgIpc) is 3.27. The van der Waals surface area contributed by atoms with E-state index in [2.05, 4.69) is 66.2 Å². The molecule has 0 unspecified atom stereocenters. The monoisotopic (exact) mass is 405 g/mol. The van der Waals surface area contributed by atoms with E-state index in [0.717, 1.165) is 23.3 Å². The Morgan fingerprint density at radius 1 is 0.742 bits per heavy atom. The summed E-state index contributed by atoms with van der Waals surface area (Å²) in [4.78, 5) is 0. The van der Waals surface area contributed by atoms with Gasteiger partial charge in [0.15, 0.2) is 0 Å². The minimum Gasteiger partial charge on any atom is -0.456 e. The lowest BCUT2D eigenvalue weighted by atomic mass is 9.48. The van der Waals surface area contributed by atoms with E-state index < -0.39 is 0 Å². The van der Waals surface area contributed by atoms with Crippen LogP contribution in [0.5, 0.6) is 0 Å². The van der Waals surface area contributed by atoms with Crippen LogP contribution in [0.25, 0.3) is 43.7 Å². The van der Waals surface area contributed by atoms with E-state index in [-0.39, 0.29) is 0 Å². The molecule has 0 saturated heterocycles. The van der Waals surface area contributed by atoms with Crippen LogP contribution in [0.1, 0.15) is 44.1 Å². The van der Waals surface area contributed by atoms with E-state index in [1.807, 2.05) is 0 Å². The first-order valence-electron chi connectivity index (χ1n) is 12.0. The molecule has 4 bridgehead atoms. The van der Waals surface area contributed by atoms with Crippen LogP contribution >= 0.6 is 0 Å². The van der Waals surface area contributed by atoms with Crippen LogP contribution in [0.3, 0.4) is 0 Å². The Morgan fingerprint density at radius 2 is 1.45 bits per heavy atom. The second kappa shape index (κ2) is 5.54. The van der Waals surface area contributed by atoms with Crippen LogP contribution in [0.2, 0.25) is 0 Å². The third-order valence-electron chi connectivity index (χ3n) is 9.14. The van der Waals surface area contributed by atoms with Gasteiger partial charge in [0.1, 0.15) is 11.2 Å². The molecule has 4 saturated carbocycles. The highest BCUT2D eigenvalue weighted by atomic mass is 16.3. The van der Waals surface area contributed by atoms with Gasteiger partial charge in [0.2, 0.25) is 0 Å². The number of aryl methyl sites for hydroxylation is 1. The maximum Gasteiger partial charge on any atom is 0.139 e. The molecule has 154 valence electrons. The van der Waals surface area contributed by atoms with Gasteiger partial charge in [-0.25, -0.2) is 0 Å². The Bertz CT molecular complexity index is 1500. The summed E-state index contributed by atoms with van der Waals surface area (Å²) in [6.07, 6.45) is 8.57. The first-order valence-corrected chi connectivity index (χ1v) is 12.0. The summed E-state index contributed by atoms with van der Waals surface area (Å²) in [6.45, 7) is 0. The molecule has 0 amide bonds. The van der Waals surface area contributed by atoms with Gasteiger partial charge in [0.25, 0.3) is 0 Å². The average molecular weight is 406 g/mol. The second-order valence-corrected chi connectivity index (χ2v) is 10.9. The predicted octanol–water partition coefficient (Wildman–Crippen LogP) is 7.70. The Morgan fingerprint density at radius 3 is 2.23 bits per heavy atom. The normalized spacial score (nSPS) is 29.8. The lowest BCUT2D eigenvalue weighted by Crippen LogP contribution is -2.48. The Kier molecular flexibility index (Phi) is 3.02. The van der Waals surface area contributed by atoms with Gasteiger partial charge in [0.05, 0.1) is 5.52 Å². The first kappa shape index (κ1) is 16.9. The van der Waals surface area contributed by atoms with E-state index in [9.17, 15) is 0 Å². The van der Waals surface area contributed by atoms with Crippen LogP contribution in [0, 0.1) is 17.8 Å². The van der Waals surface area contributed by atoms with Crippen molar-refractivity contribution in [2.24, 2.45) is 24.8 Å². The summed E-state index contributed by atoms with van der Waals surface area (Å²) in [6, 6.07) is 20.3. The van der Waals surface area contributed by atoms with Crippen molar-refractivity contribution in [3.8, 4) is 0 Å². The summed E-state index contributed by atoms with van der Waals surface area (Å²) in [5.41, 5.74) is 6.60. The van der Waals surface area contributed by atoms with Gasteiger partial charge in [0, 0.05) is 45.7 Å². The van der Waals surface area contributed by atoms with Crippen LogP contribution in [0.15, 0.2) is 59.0 Å². The number of furan rings is 1. The standard InChI is InChI=1S/C29H27NO/c1-30-25-8-3-2-5-20(25)22-12-23-21-6-4-7-24(28(21)31-27(23)13-26(22)30)29-14-17-9-18(15-29)11-19(10-17)16-29/h2-8,12-13,17-19H,9-11,14-16H2,1H3. The molecule has 5 aromatic rings. The van der Waals surface area contributed by atoms with E-state index in [4.69, 9.17) is 4.42 Å². The number of aromatic nitrogens is 1. The highest BCUT2D eigenvalue weighted by Crippen LogP contribution is 2.61. The largest absolute Gasteiger partial charge is 0.456 e. The number of fused-ring (bicyclic) bond motifs is 6. The highest BCUT2D eigenvalue weighted by molar-refractivity contribution is 6.17. The number of benzene rings is 3. The lowest BCUT2D eigenvalue weighted by Gasteiger charge is -2.57. The van der Waals surface area contributed by atoms with Crippen molar-refractivity contribution < 1.29 is 4.42 Å². The molecule has 0 N–H and O–H groups in total. The maximum atomic E-state index is 6.72. The fourth-order valence-corrected chi connectivity index (χ4v) is 8.31. The molecule has 4 aliphatic carbocycles. The van der Waals surface area contributed by atoms with Gasteiger partial charge in [-0.15, -0.1) is 0 Å². The summed E-state index contributed by atoms with van der Waals surface area (Å²) in [5.74, 6) is 2.83. The molecular formula is C29H27NO. The molecule has 0 spiro atoms. The molecular weight excluding hydrogens is 378 g/mol. The van der Waals surface area contributed by atoms with E-state index in [0.29, 0.717) is 5.41 Å². The second-order valence-electron chi connectivity index (χ2n) is 10.9. The third-order valence-corrected chi connectivity index (χ3v) is 9.14. The van der Waals surface area contributed by atoms with Gasteiger partial charge in [-0.2, -0.15) is 0 Å². The Balaban J connectivity index is 1.42. The van der Waals surface area contributed by atoms with Crippen LogP contribution < -0.4 is 0 Å². The predicted molar refractivity (Wildman–Crippen MR) is 128 cm³/mol. The Hall–Kier alpha value is -2.74. The van der Waals surface area contributed by atoms with Crippen molar-refractivity contribution in [2.75, 3.05) is 0 Å². The van der Waals surface area contributed by atoms with Crippen molar-refractivity contribution in [1.29, 1.82) is 0 Å². The van der Waals surface area contributed by atoms with Gasteiger partial charge in [-0.1, -0.05) is 36.4 Å². The smallest absolute Gasteiger partial charge is 0.139 e. The SMILES string of the molecule is Cn1c2ccccc2c2cc3c(cc21)oc1c(C24CC5CC(CC(C5)C2)C4)cccc13. The van der Waals surface area contributed by atoms with Gasteiger partial charge in [-0.3, -0.25) is 0 Å². The third kappa shape index (κ3) is 2.09. The summed E-state index contributed by atoms with van der Waals surface area (Å²) < 4.78 is 9.02. The molecule has 31 heavy (non-hydrogen) atoms. The molecule has 9 rings (SSSR count). The van der Waals surface area contributed by atoms with Crippen molar-refractivity contribution in [3.05, 3.63) is 60.2 Å². The molecule has 2 heteroatoms. The minimum absolute atomic E-state index is 0.355. The number of rotatable bonds is 1. The maximum absolute atomic E-state index is 6.72. The zero-order chi connectivity index (χ0) is 20.3. The minimum atomic E-state index is 0.355. The summed E-state index contributed by atoms with van der Waals surface area (Å²) in [7, 11) is 2.17. The fraction of sp³-hybridized carbons (Fsp3) is 0.379. The lowest BCUT2D eigenvalue weighted by molar-refractivity contribution is -0.00485. The van der Waals surface area contributed by atoms with E-state index in [1.165, 1.54) is 82.2 Å². The fourth-order valence-electron chi connectivity index (χ4n) is 8.31. The molecule has 4 aliphatic rings. The van der Waals surface area contributed by atoms with Gasteiger partial charge in [-0.05, 0) is 73.8 Å². The van der Waals surface area contributed by atoms with Crippen molar-refractivity contribution in [2.45, 2.75) is 43.9 Å². The zero-order valence-electron chi connectivity index (χ0n) is 18.0. The zero-order valence-corrected chi connectivity index (χ0v) is 18.0. The quantitative estimate of drug-likeness (QED) is 0.279. The molecule has 4 fully saturated rings. The molecule has 0 radical (unpaired) electrons. The van der Waals surface area contributed by atoms with Gasteiger partial charge < -0.3 is 8.98 Å². The van der Waals surface area contributed by atoms with E-state index in [1.54, 1.807) is 0 Å². The van der Waals surface area contributed by atoms with Crippen LogP contribution in [-0.4, -0.2) is 4.57 Å². The number of para-hydroxylation sites is 2. The van der Waals surface area contributed by atoms with Crippen LogP contribution in [0.4, 0.5) is 0 Å². The number of hydrogen-bond acceptors (Lipinski definition) is 1. The van der Waals surface area contributed by atoms with Gasteiger partial charge >= 0.3 is 0 Å². The Labute approximate surface area is 181 Å². The van der Waals surface area contributed by atoms with Crippen molar-refractivity contribution in [1.82, 2.24) is 4.57 Å². The molecule has 2 nitrogen and oxygen atoms in total. The topological polar surface area (TPSA) is 18.1 Å². The molecule has 0 aliphatic heterocycles. The molecule has 3 aromatic carbocycles. The van der Waals surface area contributed by atoms with Crippen molar-refractivity contribution >= 4 is 43.7 Å². The number of hydrogen-bond donors (Lipinski definition) is 0. The molecule has 2 aromatic heterocycles. The highest BCUT2D eigenvalue weighted by Gasteiger charge is 2.52. The molecule has 2 heterocycles. The first-order chi connectivity index (χ1) is 15.2.